The van der Waals surface area contributed by atoms with E-state index < -0.39 is 30.6 Å². The van der Waals surface area contributed by atoms with Gasteiger partial charge < -0.3 is 16.0 Å². The van der Waals surface area contributed by atoms with Gasteiger partial charge in [-0.25, -0.2) is 0 Å². The fourth-order valence-corrected chi connectivity index (χ4v) is 1.82. The number of primary amides is 1. The van der Waals surface area contributed by atoms with E-state index in [9.17, 15) is 22.8 Å². The van der Waals surface area contributed by atoms with Crippen LogP contribution in [0.1, 0.15) is 12.8 Å². The van der Waals surface area contributed by atoms with Gasteiger partial charge in [0.1, 0.15) is 0 Å². The van der Waals surface area contributed by atoms with Crippen molar-refractivity contribution in [1.82, 2.24) is 10.2 Å². The van der Waals surface area contributed by atoms with Crippen molar-refractivity contribution in [3.8, 4) is 0 Å². The summed E-state index contributed by atoms with van der Waals surface area (Å²) in [6, 6.07) is -0.585. The van der Waals surface area contributed by atoms with Crippen LogP contribution in [0.4, 0.5) is 13.2 Å². The van der Waals surface area contributed by atoms with Crippen LogP contribution in [-0.2, 0) is 9.59 Å². The molecule has 0 atom stereocenters. The molecule has 0 aliphatic carbocycles. The van der Waals surface area contributed by atoms with Crippen LogP contribution in [-0.4, -0.2) is 48.6 Å². The highest BCUT2D eigenvalue weighted by molar-refractivity contribution is 5.87. The summed E-state index contributed by atoms with van der Waals surface area (Å²) in [5.74, 6) is -2.94. The van der Waals surface area contributed by atoms with Crippen molar-refractivity contribution in [2.24, 2.45) is 5.73 Å². The number of hydrogen-bond donors (Lipinski definition) is 2. The second-order valence-electron chi connectivity index (χ2n) is 3.88. The van der Waals surface area contributed by atoms with Gasteiger partial charge >= 0.3 is 12.1 Å². The lowest BCUT2D eigenvalue weighted by atomic mass is 10.0. The maximum Gasteiger partial charge on any atom is 0.471 e. The number of nitrogens with zero attached hydrogens (tertiary/aromatic N) is 1. The molecule has 2 amide bonds. The van der Waals surface area contributed by atoms with Crippen LogP contribution in [0.3, 0.4) is 0 Å². The first-order valence-corrected chi connectivity index (χ1v) is 5.19. The summed E-state index contributed by atoms with van der Waals surface area (Å²) in [4.78, 5) is 22.4. The third kappa shape index (κ3) is 3.88. The summed E-state index contributed by atoms with van der Waals surface area (Å²) in [7, 11) is 0. The van der Waals surface area contributed by atoms with E-state index in [1.165, 1.54) is 0 Å². The number of carbonyl (C=O) groups is 2. The molecule has 1 fully saturated rings. The molecule has 0 radical (unpaired) electrons. The lowest BCUT2D eigenvalue weighted by Gasteiger charge is -2.34. The zero-order chi connectivity index (χ0) is 13.1. The van der Waals surface area contributed by atoms with Crippen molar-refractivity contribution in [3.63, 3.8) is 0 Å². The molecular weight excluding hydrogens is 239 g/mol. The number of hydrogen-bond acceptors (Lipinski definition) is 3. The Morgan fingerprint density at radius 1 is 1.29 bits per heavy atom. The van der Waals surface area contributed by atoms with Gasteiger partial charge in [-0.1, -0.05) is 0 Å². The maximum atomic E-state index is 12.3. The van der Waals surface area contributed by atoms with Crippen molar-refractivity contribution < 1.29 is 22.8 Å². The number of carbonyl (C=O) groups excluding carboxylic acids is 2. The van der Waals surface area contributed by atoms with E-state index in [1.54, 1.807) is 0 Å². The number of amides is 2. The first kappa shape index (κ1) is 13.8. The Labute approximate surface area is 96.1 Å². The van der Waals surface area contributed by atoms with Crippen molar-refractivity contribution in [1.29, 1.82) is 0 Å². The van der Waals surface area contributed by atoms with Crippen LogP contribution in [0.2, 0.25) is 0 Å². The minimum atomic E-state index is -4.97. The monoisotopic (exact) mass is 253 g/mol. The zero-order valence-corrected chi connectivity index (χ0v) is 9.09. The SMILES string of the molecule is NC(=O)CN(C(=O)C(F)(F)F)C1CCNCC1. The average molecular weight is 253 g/mol. The highest BCUT2D eigenvalue weighted by Gasteiger charge is 2.45. The summed E-state index contributed by atoms with van der Waals surface area (Å²) in [5, 5.41) is 2.97. The second-order valence-corrected chi connectivity index (χ2v) is 3.88. The van der Waals surface area contributed by atoms with Crippen molar-refractivity contribution in [2.75, 3.05) is 19.6 Å². The topological polar surface area (TPSA) is 75.4 Å². The number of halogens is 3. The molecule has 0 unspecified atom stereocenters. The number of nitrogens with two attached hydrogens (primary N) is 1. The average Bonchev–Trinajstić information content (AvgIpc) is 2.24. The second kappa shape index (κ2) is 5.35. The summed E-state index contributed by atoms with van der Waals surface area (Å²) in [5.41, 5.74) is 4.87. The number of nitrogens with one attached hydrogen (secondary N) is 1. The molecule has 1 saturated heterocycles. The van der Waals surface area contributed by atoms with Gasteiger partial charge in [0.25, 0.3) is 0 Å². The normalized spacial score (nSPS) is 17.8. The lowest BCUT2D eigenvalue weighted by Crippen LogP contribution is -2.53. The van der Waals surface area contributed by atoms with Crippen LogP contribution >= 0.6 is 0 Å². The standard InChI is InChI=1S/C9H14F3N3O2/c10-9(11,12)8(17)15(5-7(13)16)6-1-3-14-4-2-6/h6,14H,1-5H2,(H2,13,16). The fourth-order valence-electron chi connectivity index (χ4n) is 1.82. The van der Waals surface area contributed by atoms with Gasteiger partial charge in [-0.05, 0) is 25.9 Å². The Morgan fingerprint density at radius 2 is 1.82 bits per heavy atom. The highest BCUT2D eigenvalue weighted by atomic mass is 19.4. The van der Waals surface area contributed by atoms with Crippen molar-refractivity contribution in [3.05, 3.63) is 0 Å². The van der Waals surface area contributed by atoms with E-state index in [1.807, 2.05) is 0 Å². The molecule has 0 aromatic carbocycles. The molecule has 0 spiro atoms. The zero-order valence-electron chi connectivity index (χ0n) is 9.09. The van der Waals surface area contributed by atoms with Gasteiger partial charge in [-0.15, -0.1) is 0 Å². The van der Waals surface area contributed by atoms with E-state index in [0.717, 1.165) is 0 Å². The minimum absolute atomic E-state index is 0.384. The number of alkyl halides is 3. The van der Waals surface area contributed by atoms with Gasteiger partial charge in [-0.3, -0.25) is 9.59 Å². The number of rotatable bonds is 3. The molecule has 1 aliphatic heterocycles. The van der Waals surface area contributed by atoms with E-state index >= 15 is 0 Å². The van der Waals surface area contributed by atoms with E-state index in [2.05, 4.69) is 5.32 Å². The third-order valence-electron chi connectivity index (χ3n) is 2.58. The molecular formula is C9H14F3N3O2. The quantitative estimate of drug-likeness (QED) is 0.719. The van der Waals surface area contributed by atoms with Gasteiger partial charge in [-0.2, -0.15) is 13.2 Å². The molecule has 0 bridgehead atoms. The predicted octanol–water partition coefficient (Wildman–Crippen LogP) is -0.385. The molecule has 3 N–H and O–H groups in total. The molecule has 1 aliphatic rings. The summed E-state index contributed by atoms with van der Waals surface area (Å²) in [6.45, 7) is 0.346. The molecule has 1 rings (SSSR count). The molecule has 5 nitrogen and oxygen atoms in total. The van der Waals surface area contributed by atoms with Crippen LogP contribution in [0, 0.1) is 0 Å². The predicted molar refractivity (Wildman–Crippen MR) is 52.9 cm³/mol. The Morgan fingerprint density at radius 3 is 2.24 bits per heavy atom. The van der Waals surface area contributed by atoms with Crippen LogP contribution in [0.25, 0.3) is 0 Å². The van der Waals surface area contributed by atoms with E-state index in [-0.39, 0.29) is 0 Å². The summed E-state index contributed by atoms with van der Waals surface area (Å²) >= 11 is 0. The Bertz CT molecular complexity index is 300. The number of piperidine rings is 1. The Hall–Kier alpha value is -1.31. The van der Waals surface area contributed by atoms with Crippen LogP contribution in [0.5, 0.6) is 0 Å². The molecule has 0 aromatic heterocycles. The molecule has 17 heavy (non-hydrogen) atoms. The van der Waals surface area contributed by atoms with Crippen LogP contribution < -0.4 is 11.1 Å². The third-order valence-corrected chi connectivity index (χ3v) is 2.58. The van der Waals surface area contributed by atoms with Crippen LogP contribution in [0.15, 0.2) is 0 Å². The fraction of sp³-hybridized carbons (Fsp3) is 0.778. The Kier molecular flexibility index (Phi) is 4.33. The molecule has 0 aromatic rings. The minimum Gasteiger partial charge on any atom is -0.368 e. The Balaban J connectivity index is 2.78. The molecule has 8 heteroatoms. The van der Waals surface area contributed by atoms with Crippen molar-refractivity contribution in [2.45, 2.75) is 25.1 Å². The van der Waals surface area contributed by atoms with Gasteiger partial charge in [0.15, 0.2) is 0 Å². The summed E-state index contributed by atoms with van der Waals surface area (Å²) in [6.07, 6.45) is -4.20. The summed E-state index contributed by atoms with van der Waals surface area (Å²) < 4.78 is 37.0. The molecule has 98 valence electrons. The highest BCUT2D eigenvalue weighted by Crippen LogP contribution is 2.22. The van der Waals surface area contributed by atoms with Crippen molar-refractivity contribution >= 4 is 11.8 Å². The smallest absolute Gasteiger partial charge is 0.368 e. The van der Waals surface area contributed by atoms with E-state index in [4.69, 9.17) is 5.73 Å². The maximum absolute atomic E-state index is 12.3. The lowest BCUT2D eigenvalue weighted by molar-refractivity contribution is -0.188. The van der Waals surface area contributed by atoms with Gasteiger partial charge in [0.05, 0.1) is 6.54 Å². The van der Waals surface area contributed by atoms with Gasteiger partial charge in [0.2, 0.25) is 5.91 Å². The largest absolute Gasteiger partial charge is 0.471 e. The van der Waals surface area contributed by atoms with E-state index in [0.29, 0.717) is 30.8 Å². The first-order chi connectivity index (χ1) is 7.82. The first-order valence-electron chi connectivity index (χ1n) is 5.19. The van der Waals surface area contributed by atoms with Gasteiger partial charge in [0, 0.05) is 6.04 Å². The molecule has 0 saturated carbocycles. The molecule has 1 heterocycles.